The summed E-state index contributed by atoms with van der Waals surface area (Å²) in [5.41, 5.74) is 0.908. The van der Waals surface area contributed by atoms with Gasteiger partial charge in [-0.1, -0.05) is 19.4 Å². The van der Waals surface area contributed by atoms with E-state index in [0.29, 0.717) is 18.3 Å². The van der Waals surface area contributed by atoms with E-state index in [4.69, 9.17) is 4.74 Å². The maximum Gasteiger partial charge on any atom is 0.311 e. The predicted octanol–water partition coefficient (Wildman–Crippen LogP) is 2.88. The molecule has 0 spiro atoms. The summed E-state index contributed by atoms with van der Waals surface area (Å²) in [5, 5.41) is 14.2. The zero-order chi connectivity index (χ0) is 13.5. The molecule has 0 amide bonds. The number of benzene rings is 1. The topological polar surface area (TPSA) is 64.4 Å². The van der Waals surface area contributed by atoms with E-state index >= 15 is 0 Å². The summed E-state index contributed by atoms with van der Waals surface area (Å²) in [7, 11) is 1.43. The summed E-state index contributed by atoms with van der Waals surface area (Å²) in [6.45, 7) is 4.88. The van der Waals surface area contributed by atoms with Crippen molar-refractivity contribution in [1.29, 1.82) is 0 Å². The average Bonchev–Trinajstić information content (AvgIpc) is 2.36. The van der Waals surface area contributed by atoms with Gasteiger partial charge in [0.05, 0.1) is 12.0 Å². The molecule has 1 N–H and O–H groups in total. The number of nitro benzene ring substituents is 1. The van der Waals surface area contributed by atoms with Gasteiger partial charge in [-0.15, -0.1) is 0 Å². The van der Waals surface area contributed by atoms with E-state index in [-0.39, 0.29) is 5.69 Å². The molecule has 1 aromatic carbocycles. The molecule has 1 aromatic rings. The highest BCUT2D eigenvalue weighted by Gasteiger charge is 2.15. The third-order valence-corrected chi connectivity index (χ3v) is 2.82. The highest BCUT2D eigenvalue weighted by atomic mass is 16.6. The number of nitrogens with zero attached hydrogens (tertiary/aromatic N) is 1. The molecule has 5 nitrogen and oxygen atoms in total. The van der Waals surface area contributed by atoms with Gasteiger partial charge in [0, 0.05) is 18.7 Å². The lowest BCUT2D eigenvalue weighted by atomic mass is 10.1. The smallest absolute Gasteiger partial charge is 0.311 e. The van der Waals surface area contributed by atoms with Crippen LogP contribution in [0.25, 0.3) is 0 Å². The maximum absolute atomic E-state index is 10.9. The van der Waals surface area contributed by atoms with Crippen molar-refractivity contribution in [2.75, 3.05) is 7.11 Å². The van der Waals surface area contributed by atoms with Crippen LogP contribution in [0, 0.1) is 10.1 Å². The molecule has 100 valence electrons. The van der Waals surface area contributed by atoms with Crippen molar-refractivity contribution in [1.82, 2.24) is 5.32 Å². The number of ether oxygens (including phenoxy) is 1. The Balaban J connectivity index is 2.73. The zero-order valence-electron chi connectivity index (χ0n) is 11.1. The van der Waals surface area contributed by atoms with Gasteiger partial charge in [-0.2, -0.15) is 0 Å². The summed E-state index contributed by atoms with van der Waals surface area (Å²) in [6, 6.07) is 5.46. The highest BCUT2D eigenvalue weighted by Crippen LogP contribution is 2.27. The summed E-state index contributed by atoms with van der Waals surface area (Å²) in [5.74, 6) is 0.297. The van der Waals surface area contributed by atoms with Gasteiger partial charge >= 0.3 is 5.69 Å². The third-order valence-electron chi connectivity index (χ3n) is 2.82. The molecule has 0 saturated carbocycles. The average molecular weight is 252 g/mol. The van der Waals surface area contributed by atoms with Crippen LogP contribution in [0.5, 0.6) is 5.75 Å². The Morgan fingerprint density at radius 2 is 2.22 bits per heavy atom. The molecule has 1 unspecified atom stereocenters. The summed E-state index contributed by atoms with van der Waals surface area (Å²) >= 11 is 0. The number of nitrogens with one attached hydrogen (secondary N) is 1. The fourth-order valence-corrected chi connectivity index (χ4v) is 1.82. The lowest BCUT2D eigenvalue weighted by Gasteiger charge is -2.12. The molecule has 0 radical (unpaired) electrons. The Labute approximate surface area is 107 Å². The quantitative estimate of drug-likeness (QED) is 0.598. The number of hydrogen-bond acceptors (Lipinski definition) is 4. The third kappa shape index (κ3) is 4.00. The van der Waals surface area contributed by atoms with Crippen LogP contribution in [0.4, 0.5) is 5.69 Å². The molecule has 0 aliphatic rings. The van der Waals surface area contributed by atoms with Gasteiger partial charge in [-0.05, 0) is 25.0 Å². The standard InChI is InChI=1S/C13H20N2O3/c1-4-5-10(2)14-9-11-6-7-13(18-3)12(8-11)15(16)17/h6-8,10,14H,4-5,9H2,1-3H3. The number of rotatable bonds is 7. The lowest BCUT2D eigenvalue weighted by Crippen LogP contribution is -2.25. The van der Waals surface area contributed by atoms with E-state index in [9.17, 15) is 10.1 Å². The van der Waals surface area contributed by atoms with Crippen molar-refractivity contribution in [3.05, 3.63) is 33.9 Å². The molecule has 0 heterocycles. The van der Waals surface area contributed by atoms with Crippen molar-refractivity contribution >= 4 is 5.69 Å². The van der Waals surface area contributed by atoms with E-state index in [2.05, 4.69) is 19.2 Å². The second-order valence-electron chi connectivity index (χ2n) is 4.33. The molecular formula is C13H20N2O3. The van der Waals surface area contributed by atoms with Gasteiger partial charge in [-0.3, -0.25) is 10.1 Å². The van der Waals surface area contributed by atoms with Gasteiger partial charge in [0.2, 0.25) is 0 Å². The fraction of sp³-hybridized carbons (Fsp3) is 0.538. The first kappa shape index (κ1) is 14.4. The van der Waals surface area contributed by atoms with Crippen LogP contribution >= 0.6 is 0 Å². The summed E-state index contributed by atoms with van der Waals surface area (Å²) in [4.78, 5) is 10.5. The van der Waals surface area contributed by atoms with Crippen molar-refractivity contribution in [3.63, 3.8) is 0 Å². The normalized spacial score (nSPS) is 12.2. The molecule has 5 heteroatoms. The van der Waals surface area contributed by atoms with E-state index in [0.717, 1.165) is 18.4 Å². The van der Waals surface area contributed by atoms with Gasteiger partial charge < -0.3 is 10.1 Å². The van der Waals surface area contributed by atoms with Gasteiger partial charge in [0.1, 0.15) is 0 Å². The van der Waals surface area contributed by atoms with E-state index in [1.165, 1.54) is 7.11 Å². The molecule has 0 saturated heterocycles. The van der Waals surface area contributed by atoms with Gasteiger partial charge in [-0.25, -0.2) is 0 Å². The Hall–Kier alpha value is -1.62. The molecule has 0 aromatic heterocycles. The number of hydrogen-bond donors (Lipinski definition) is 1. The number of methoxy groups -OCH3 is 1. The largest absolute Gasteiger partial charge is 0.490 e. The van der Waals surface area contributed by atoms with Crippen LogP contribution < -0.4 is 10.1 Å². The second kappa shape index (κ2) is 6.96. The zero-order valence-corrected chi connectivity index (χ0v) is 11.1. The second-order valence-corrected chi connectivity index (χ2v) is 4.33. The molecule has 0 fully saturated rings. The Morgan fingerprint density at radius 3 is 2.78 bits per heavy atom. The summed E-state index contributed by atoms with van der Waals surface area (Å²) in [6.07, 6.45) is 2.22. The first-order chi connectivity index (χ1) is 8.58. The van der Waals surface area contributed by atoms with Crippen LogP contribution in [-0.4, -0.2) is 18.1 Å². The Kier molecular flexibility index (Phi) is 5.58. The molecule has 1 atom stereocenters. The fourth-order valence-electron chi connectivity index (χ4n) is 1.82. The Bertz CT molecular complexity index is 407. The number of nitro groups is 1. The molecule has 18 heavy (non-hydrogen) atoms. The maximum atomic E-state index is 10.9. The van der Waals surface area contributed by atoms with E-state index in [1.54, 1.807) is 12.1 Å². The molecule has 0 bridgehead atoms. The van der Waals surface area contributed by atoms with Crippen LogP contribution in [0.2, 0.25) is 0 Å². The van der Waals surface area contributed by atoms with Crippen LogP contribution in [0.3, 0.4) is 0 Å². The van der Waals surface area contributed by atoms with Crippen molar-refractivity contribution in [2.45, 2.75) is 39.3 Å². The predicted molar refractivity (Wildman–Crippen MR) is 70.9 cm³/mol. The monoisotopic (exact) mass is 252 g/mol. The minimum absolute atomic E-state index is 0.0138. The van der Waals surface area contributed by atoms with Crippen molar-refractivity contribution < 1.29 is 9.66 Å². The lowest BCUT2D eigenvalue weighted by molar-refractivity contribution is -0.385. The molecular weight excluding hydrogens is 232 g/mol. The molecule has 0 aliphatic carbocycles. The minimum atomic E-state index is -0.419. The highest BCUT2D eigenvalue weighted by molar-refractivity contribution is 5.48. The SMILES string of the molecule is CCCC(C)NCc1ccc(OC)c([N+](=O)[O-])c1. The van der Waals surface area contributed by atoms with E-state index in [1.807, 2.05) is 6.07 Å². The summed E-state index contributed by atoms with van der Waals surface area (Å²) < 4.78 is 4.96. The first-order valence-electron chi connectivity index (χ1n) is 6.13. The van der Waals surface area contributed by atoms with Crippen LogP contribution in [0.15, 0.2) is 18.2 Å². The van der Waals surface area contributed by atoms with E-state index < -0.39 is 4.92 Å². The van der Waals surface area contributed by atoms with Gasteiger partial charge in [0.15, 0.2) is 5.75 Å². The van der Waals surface area contributed by atoms with Crippen LogP contribution in [0.1, 0.15) is 32.3 Å². The van der Waals surface area contributed by atoms with Gasteiger partial charge in [0.25, 0.3) is 0 Å². The Morgan fingerprint density at radius 1 is 1.50 bits per heavy atom. The molecule has 0 aliphatic heterocycles. The van der Waals surface area contributed by atoms with Crippen molar-refractivity contribution in [2.24, 2.45) is 0 Å². The minimum Gasteiger partial charge on any atom is -0.490 e. The van der Waals surface area contributed by atoms with Crippen molar-refractivity contribution in [3.8, 4) is 5.75 Å². The first-order valence-corrected chi connectivity index (χ1v) is 6.13. The van der Waals surface area contributed by atoms with Crippen LogP contribution in [-0.2, 0) is 6.54 Å². The molecule has 1 rings (SSSR count).